The van der Waals surface area contributed by atoms with E-state index < -0.39 is 5.41 Å². The van der Waals surface area contributed by atoms with Gasteiger partial charge >= 0.3 is 5.97 Å². The fraction of sp³-hybridized carbons (Fsp3) is 0.812. The van der Waals surface area contributed by atoms with Crippen molar-refractivity contribution in [2.45, 2.75) is 46.0 Å². The number of methoxy groups -OCH3 is 1. The van der Waals surface area contributed by atoms with Gasteiger partial charge in [0, 0.05) is 5.92 Å². The Balaban J connectivity index is 2.40. The molecule has 19 heavy (non-hydrogen) atoms. The molecule has 2 aliphatic rings. The largest absolute Gasteiger partial charge is 0.469 e. The number of carbonyl (C=O) groups is 1. The van der Waals surface area contributed by atoms with Crippen molar-refractivity contribution in [2.75, 3.05) is 13.7 Å². The van der Waals surface area contributed by atoms with E-state index in [1.807, 2.05) is 6.92 Å². The molecule has 108 valence electrons. The predicted molar refractivity (Wildman–Crippen MR) is 74.5 cm³/mol. The Hall–Kier alpha value is -0.830. The Morgan fingerprint density at radius 2 is 2.16 bits per heavy atom. The normalized spacial score (nSPS) is 42.6. The molecule has 1 N–H and O–H groups in total. The minimum atomic E-state index is -0.407. The molecule has 0 aromatic carbocycles. The molecule has 2 rings (SSSR count). The van der Waals surface area contributed by atoms with Crippen LogP contribution in [0.2, 0.25) is 0 Å². The highest BCUT2D eigenvalue weighted by Crippen LogP contribution is 2.61. The summed E-state index contributed by atoms with van der Waals surface area (Å²) in [6.45, 7) is 8.55. The minimum Gasteiger partial charge on any atom is -0.469 e. The van der Waals surface area contributed by atoms with Crippen molar-refractivity contribution in [1.29, 1.82) is 0 Å². The fourth-order valence-corrected chi connectivity index (χ4v) is 4.76. The SMILES string of the molecule is C=C1CC[C@@H]2[C@](C)(CCC[C@]2(C)C(=O)OC)[C@H]1CO. The summed E-state index contributed by atoms with van der Waals surface area (Å²) < 4.78 is 5.06. The van der Waals surface area contributed by atoms with E-state index in [9.17, 15) is 9.90 Å². The van der Waals surface area contributed by atoms with E-state index in [-0.39, 0.29) is 29.8 Å². The van der Waals surface area contributed by atoms with E-state index in [1.54, 1.807) is 0 Å². The van der Waals surface area contributed by atoms with Crippen LogP contribution in [0, 0.1) is 22.7 Å². The van der Waals surface area contributed by atoms with E-state index >= 15 is 0 Å². The van der Waals surface area contributed by atoms with Gasteiger partial charge in [-0.05, 0) is 43.9 Å². The molecule has 2 fully saturated rings. The van der Waals surface area contributed by atoms with Crippen LogP contribution in [-0.2, 0) is 9.53 Å². The highest BCUT2D eigenvalue weighted by atomic mass is 16.5. The lowest BCUT2D eigenvalue weighted by atomic mass is 9.47. The predicted octanol–water partition coefficient (Wildman–Crippen LogP) is 2.93. The Kier molecular flexibility index (Phi) is 3.78. The van der Waals surface area contributed by atoms with Crippen LogP contribution < -0.4 is 0 Å². The van der Waals surface area contributed by atoms with Crippen LogP contribution >= 0.6 is 0 Å². The molecule has 0 aromatic heterocycles. The number of fused-ring (bicyclic) bond motifs is 1. The molecule has 2 aliphatic carbocycles. The van der Waals surface area contributed by atoms with E-state index in [2.05, 4.69) is 13.5 Å². The molecule has 0 heterocycles. The number of carbonyl (C=O) groups excluding carboxylic acids is 1. The maximum absolute atomic E-state index is 12.3. The van der Waals surface area contributed by atoms with Crippen molar-refractivity contribution in [3.8, 4) is 0 Å². The van der Waals surface area contributed by atoms with Gasteiger partial charge in [-0.1, -0.05) is 25.5 Å². The van der Waals surface area contributed by atoms with Crippen molar-refractivity contribution >= 4 is 5.97 Å². The number of hydrogen-bond acceptors (Lipinski definition) is 3. The number of hydrogen-bond donors (Lipinski definition) is 1. The number of rotatable bonds is 2. The van der Waals surface area contributed by atoms with Crippen molar-refractivity contribution in [3.63, 3.8) is 0 Å². The summed E-state index contributed by atoms with van der Waals surface area (Å²) in [4.78, 5) is 12.3. The molecule has 2 saturated carbocycles. The van der Waals surface area contributed by atoms with Crippen molar-refractivity contribution < 1.29 is 14.6 Å². The maximum atomic E-state index is 12.3. The average Bonchev–Trinajstić information content (AvgIpc) is 2.37. The Bertz CT molecular complexity index is 389. The zero-order valence-electron chi connectivity index (χ0n) is 12.4. The smallest absolute Gasteiger partial charge is 0.311 e. The van der Waals surface area contributed by atoms with Gasteiger partial charge in [-0.15, -0.1) is 0 Å². The quantitative estimate of drug-likeness (QED) is 0.617. The highest BCUT2D eigenvalue weighted by Gasteiger charge is 2.57. The lowest BCUT2D eigenvalue weighted by molar-refractivity contribution is -0.168. The van der Waals surface area contributed by atoms with Gasteiger partial charge in [0.1, 0.15) is 0 Å². The summed E-state index contributed by atoms with van der Waals surface area (Å²) in [7, 11) is 1.48. The van der Waals surface area contributed by atoms with Gasteiger partial charge in [0.15, 0.2) is 0 Å². The first kappa shape index (κ1) is 14.6. The van der Waals surface area contributed by atoms with Crippen LogP contribution in [0.3, 0.4) is 0 Å². The third kappa shape index (κ3) is 2.03. The Labute approximate surface area is 116 Å². The zero-order chi connectivity index (χ0) is 14.3. The van der Waals surface area contributed by atoms with Crippen LogP contribution in [0.5, 0.6) is 0 Å². The first-order valence-corrected chi connectivity index (χ1v) is 7.27. The molecule has 0 saturated heterocycles. The van der Waals surface area contributed by atoms with Gasteiger partial charge < -0.3 is 9.84 Å². The van der Waals surface area contributed by atoms with Crippen molar-refractivity contribution in [2.24, 2.45) is 22.7 Å². The minimum absolute atomic E-state index is 0.0225. The Morgan fingerprint density at radius 3 is 2.74 bits per heavy atom. The molecule has 0 aliphatic heterocycles. The molecule has 0 bridgehead atoms. The second kappa shape index (κ2) is 4.93. The fourth-order valence-electron chi connectivity index (χ4n) is 4.76. The van der Waals surface area contributed by atoms with Gasteiger partial charge in [-0.25, -0.2) is 0 Å². The third-order valence-electron chi connectivity index (χ3n) is 5.85. The molecule has 3 nitrogen and oxygen atoms in total. The molecule has 0 spiro atoms. The first-order valence-electron chi connectivity index (χ1n) is 7.27. The third-order valence-corrected chi connectivity index (χ3v) is 5.85. The summed E-state index contributed by atoms with van der Waals surface area (Å²) in [6, 6.07) is 0. The number of aliphatic hydroxyl groups is 1. The average molecular weight is 266 g/mol. The number of aliphatic hydroxyl groups excluding tert-OH is 1. The summed E-state index contributed by atoms with van der Waals surface area (Å²) >= 11 is 0. The number of esters is 1. The van der Waals surface area contributed by atoms with Crippen LogP contribution in [0.15, 0.2) is 12.2 Å². The van der Waals surface area contributed by atoms with Crippen molar-refractivity contribution in [3.05, 3.63) is 12.2 Å². The standard InChI is InChI=1S/C16H26O3/c1-11-6-7-13-15(2,12(11)10-17)8-5-9-16(13,3)14(18)19-4/h12-13,17H,1,5-10H2,2-4H3/t12-,13+,15+,16-/m0/s1. The lowest BCUT2D eigenvalue weighted by Gasteiger charge is -2.57. The zero-order valence-corrected chi connectivity index (χ0v) is 12.4. The summed E-state index contributed by atoms with van der Waals surface area (Å²) in [6.07, 6.45) is 4.87. The van der Waals surface area contributed by atoms with Crippen LogP contribution in [0.4, 0.5) is 0 Å². The van der Waals surface area contributed by atoms with Crippen molar-refractivity contribution in [1.82, 2.24) is 0 Å². The molecule has 4 atom stereocenters. The first-order chi connectivity index (χ1) is 8.90. The molecule has 3 heteroatoms. The second-order valence-corrected chi connectivity index (χ2v) is 6.75. The second-order valence-electron chi connectivity index (χ2n) is 6.75. The monoisotopic (exact) mass is 266 g/mol. The summed E-state index contributed by atoms with van der Waals surface area (Å²) in [5.74, 6) is 0.312. The molecule has 0 radical (unpaired) electrons. The molecular formula is C16H26O3. The molecular weight excluding hydrogens is 240 g/mol. The highest BCUT2D eigenvalue weighted by molar-refractivity contribution is 5.77. The summed E-state index contributed by atoms with van der Waals surface area (Å²) in [5.41, 5.74) is 0.719. The number of ether oxygens (including phenoxy) is 1. The van der Waals surface area contributed by atoms with E-state index in [4.69, 9.17) is 4.74 Å². The van der Waals surface area contributed by atoms with Crippen LogP contribution in [-0.4, -0.2) is 24.8 Å². The van der Waals surface area contributed by atoms with E-state index in [1.165, 1.54) is 7.11 Å². The summed E-state index contributed by atoms with van der Waals surface area (Å²) in [5, 5.41) is 9.75. The topological polar surface area (TPSA) is 46.5 Å². The molecule has 0 amide bonds. The van der Waals surface area contributed by atoms with Gasteiger partial charge in [-0.3, -0.25) is 4.79 Å². The van der Waals surface area contributed by atoms with Gasteiger partial charge in [0.2, 0.25) is 0 Å². The van der Waals surface area contributed by atoms with Crippen LogP contribution in [0.25, 0.3) is 0 Å². The Morgan fingerprint density at radius 1 is 1.47 bits per heavy atom. The lowest BCUT2D eigenvalue weighted by Crippen LogP contribution is -2.54. The van der Waals surface area contributed by atoms with Crippen LogP contribution in [0.1, 0.15) is 46.0 Å². The van der Waals surface area contributed by atoms with E-state index in [0.717, 1.165) is 37.7 Å². The van der Waals surface area contributed by atoms with E-state index in [0.29, 0.717) is 0 Å². The molecule has 0 unspecified atom stereocenters. The molecule has 0 aromatic rings. The van der Waals surface area contributed by atoms with Gasteiger partial charge in [-0.2, -0.15) is 0 Å². The maximum Gasteiger partial charge on any atom is 0.311 e. The van der Waals surface area contributed by atoms with Gasteiger partial charge in [0.05, 0.1) is 19.1 Å². The van der Waals surface area contributed by atoms with Gasteiger partial charge in [0.25, 0.3) is 0 Å².